The van der Waals surface area contributed by atoms with Crippen LogP contribution in [0.2, 0.25) is 0 Å². The van der Waals surface area contributed by atoms with E-state index in [1.807, 2.05) is 25.3 Å². The smallest absolute Gasteiger partial charge is 0.249 e. The highest BCUT2D eigenvalue weighted by atomic mass is 32.1. The normalized spacial score (nSPS) is 15.6. The van der Waals surface area contributed by atoms with E-state index < -0.39 is 0 Å². The molecule has 0 aliphatic carbocycles. The quantitative estimate of drug-likeness (QED) is 0.589. The summed E-state index contributed by atoms with van der Waals surface area (Å²) in [6, 6.07) is 7.62. The van der Waals surface area contributed by atoms with Crippen LogP contribution in [0.5, 0.6) is 5.75 Å². The predicted molar refractivity (Wildman–Crippen MR) is 118 cm³/mol. The first-order valence-corrected chi connectivity index (χ1v) is 11.3. The number of hydrogen-bond donors (Lipinski definition) is 0. The van der Waals surface area contributed by atoms with Gasteiger partial charge in [0.05, 0.1) is 12.6 Å². The van der Waals surface area contributed by atoms with Crippen molar-refractivity contribution in [3.8, 4) is 5.75 Å². The fraction of sp³-hybridized carbons (Fsp3) is 0.478. The van der Waals surface area contributed by atoms with Gasteiger partial charge in [-0.25, -0.2) is 4.39 Å². The Hall–Kier alpha value is -2.45. The molecule has 0 saturated carbocycles. The van der Waals surface area contributed by atoms with Crippen LogP contribution in [-0.2, 0) is 20.7 Å². The van der Waals surface area contributed by atoms with Crippen LogP contribution in [0.1, 0.15) is 30.3 Å². The number of amides is 2. The second-order valence-electron chi connectivity index (χ2n) is 8.02. The number of rotatable bonds is 9. The summed E-state index contributed by atoms with van der Waals surface area (Å²) < 4.78 is 24.1. The third kappa shape index (κ3) is 6.04. The molecule has 0 saturated heterocycles. The van der Waals surface area contributed by atoms with Crippen molar-refractivity contribution < 1.29 is 23.5 Å². The number of fused-ring (bicyclic) bond motifs is 1. The Morgan fingerprint density at radius 1 is 1.26 bits per heavy atom. The van der Waals surface area contributed by atoms with Gasteiger partial charge in [0, 0.05) is 25.1 Å². The van der Waals surface area contributed by atoms with Crippen molar-refractivity contribution in [1.29, 1.82) is 0 Å². The van der Waals surface area contributed by atoms with Gasteiger partial charge in [-0.3, -0.25) is 9.59 Å². The van der Waals surface area contributed by atoms with E-state index in [9.17, 15) is 14.0 Å². The summed E-state index contributed by atoms with van der Waals surface area (Å²) in [5.74, 6) is 0.142. The lowest BCUT2D eigenvalue weighted by atomic mass is 10.0. The maximum Gasteiger partial charge on any atom is 0.249 e. The van der Waals surface area contributed by atoms with Crippen LogP contribution in [0.4, 0.5) is 4.39 Å². The zero-order valence-electron chi connectivity index (χ0n) is 18.2. The van der Waals surface area contributed by atoms with Crippen molar-refractivity contribution in [3.05, 3.63) is 52.0 Å². The molecular weight excluding hydrogens is 419 g/mol. The van der Waals surface area contributed by atoms with Crippen molar-refractivity contribution in [1.82, 2.24) is 9.80 Å². The Labute approximate surface area is 186 Å². The number of carbonyl (C=O) groups excluding carboxylic acids is 2. The molecule has 2 aromatic rings. The number of nitrogens with zero attached hydrogens (tertiary/aromatic N) is 2. The fourth-order valence-electron chi connectivity index (χ4n) is 3.74. The summed E-state index contributed by atoms with van der Waals surface area (Å²) in [4.78, 5) is 30.3. The number of methoxy groups -OCH3 is 1. The van der Waals surface area contributed by atoms with Gasteiger partial charge in [0.15, 0.2) is 0 Å². The van der Waals surface area contributed by atoms with Gasteiger partial charge in [0.25, 0.3) is 0 Å². The molecule has 0 N–H and O–H groups in total. The lowest BCUT2D eigenvalue weighted by Gasteiger charge is -2.37. The van der Waals surface area contributed by atoms with Crippen LogP contribution in [0.25, 0.3) is 0 Å². The molecule has 1 aromatic heterocycles. The number of hydrogen-bond acceptors (Lipinski definition) is 5. The Morgan fingerprint density at radius 2 is 2.00 bits per heavy atom. The molecule has 31 heavy (non-hydrogen) atoms. The van der Waals surface area contributed by atoms with Gasteiger partial charge < -0.3 is 19.3 Å². The van der Waals surface area contributed by atoms with Gasteiger partial charge in [0.2, 0.25) is 11.8 Å². The van der Waals surface area contributed by atoms with Crippen LogP contribution in [0, 0.1) is 11.7 Å². The second kappa shape index (κ2) is 10.7. The molecule has 8 heteroatoms. The Kier molecular flexibility index (Phi) is 8.03. The van der Waals surface area contributed by atoms with E-state index in [1.54, 1.807) is 33.3 Å². The molecule has 1 aliphatic heterocycles. The summed E-state index contributed by atoms with van der Waals surface area (Å²) >= 11 is 1.68. The summed E-state index contributed by atoms with van der Waals surface area (Å²) in [5, 5.41) is 2.02. The molecule has 1 atom stereocenters. The largest absolute Gasteiger partial charge is 0.491 e. The molecule has 0 unspecified atom stereocenters. The van der Waals surface area contributed by atoms with E-state index in [0.29, 0.717) is 18.8 Å². The third-order valence-electron chi connectivity index (χ3n) is 5.17. The van der Waals surface area contributed by atoms with Crippen molar-refractivity contribution in [2.24, 2.45) is 5.92 Å². The Balaban J connectivity index is 1.75. The Bertz CT molecular complexity index is 884. The summed E-state index contributed by atoms with van der Waals surface area (Å²) in [7, 11) is 1.47. The first-order valence-electron chi connectivity index (χ1n) is 10.4. The van der Waals surface area contributed by atoms with E-state index in [-0.39, 0.29) is 49.3 Å². The van der Waals surface area contributed by atoms with Crippen molar-refractivity contribution in [3.63, 3.8) is 0 Å². The minimum atomic E-state index is -0.326. The molecular formula is C23H29FN2O4S. The highest BCUT2D eigenvalue weighted by Crippen LogP contribution is 2.34. The standard InChI is InChI=1S/C23H29FN2O4S/c1-16(2)12-25(23(28)15-29-3)13-22(27)26-10-8-21-19(9-11-31-21)20(26)14-30-18-6-4-17(24)5-7-18/h4-7,9,11,16,20H,8,10,12-15H2,1-3H3/t20-/m0/s1. The minimum absolute atomic E-state index is 0.00684. The van der Waals surface area contributed by atoms with Crippen LogP contribution in [-0.4, -0.2) is 61.6 Å². The minimum Gasteiger partial charge on any atom is -0.491 e. The van der Waals surface area contributed by atoms with E-state index in [0.717, 1.165) is 12.0 Å². The van der Waals surface area contributed by atoms with Crippen LogP contribution >= 0.6 is 11.3 Å². The monoisotopic (exact) mass is 448 g/mol. The van der Waals surface area contributed by atoms with Gasteiger partial charge in [-0.05, 0) is 53.6 Å². The summed E-state index contributed by atoms with van der Waals surface area (Å²) in [6.45, 7) is 5.29. The summed E-state index contributed by atoms with van der Waals surface area (Å²) in [5.41, 5.74) is 1.07. The molecule has 0 fully saturated rings. The van der Waals surface area contributed by atoms with Crippen molar-refractivity contribution in [2.45, 2.75) is 26.3 Å². The maximum atomic E-state index is 13.3. The Morgan fingerprint density at radius 3 is 2.68 bits per heavy atom. The number of carbonyl (C=O) groups is 2. The van der Waals surface area contributed by atoms with Gasteiger partial charge in [-0.2, -0.15) is 0 Å². The van der Waals surface area contributed by atoms with E-state index >= 15 is 0 Å². The number of ether oxygens (including phenoxy) is 2. The van der Waals surface area contributed by atoms with Crippen molar-refractivity contribution in [2.75, 3.05) is 40.0 Å². The van der Waals surface area contributed by atoms with Crippen LogP contribution in [0.15, 0.2) is 35.7 Å². The fourth-order valence-corrected chi connectivity index (χ4v) is 4.67. The van der Waals surface area contributed by atoms with Gasteiger partial charge in [-0.15, -0.1) is 11.3 Å². The van der Waals surface area contributed by atoms with E-state index in [4.69, 9.17) is 9.47 Å². The highest BCUT2D eigenvalue weighted by molar-refractivity contribution is 7.10. The zero-order chi connectivity index (χ0) is 22.4. The molecule has 1 aromatic carbocycles. The first-order chi connectivity index (χ1) is 14.9. The molecule has 0 radical (unpaired) electrons. The maximum absolute atomic E-state index is 13.3. The number of halogens is 1. The van der Waals surface area contributed by atoms with Gasteiger partial charge in [-0.1, -0.05) is 13.8 Å². The van der Waals surface area contributed by atoms with E-state index in [1.165, 1.54) is 24.1 Å². The van der Waals surface area contributed by atoms with Gasteiger partial charge in [0.1, 0.15) is 24.8 Å². The van der Waals surface area contributed by atoms with Crippen molar-refractivity contribution >= 4 is 23.2 Å². The highest BCUT2D eigenvalue weighted by Gasteiger charge is 2.33. The topological polar surface area (TPSA) is 59.1 Å². The SMILES string of the molecule is COCC(=O)N(CC(=O)N1CCc2sccc2[C@@H]1COc1ccc(F)cc1)CC(C)C. The third-order valence-corrected chi connectivity index (χ3v) is 6.17. The average molecular weight is 449 g/mol. The van der Waals surface area contributed by atoms with Gasteiger partial charge >= 0.3 is 0 Å². The molecule has 2 amide bonds. The summed E-state index contributed by atoms with van der Waals surface area (Å²) in [6.07, 6.45) is 0.780. The lowest BCUT2D eigenvalue weighted by molar-refractivity contribution is -0.145. The number of thiophene rings is 1. The molecule has 0 bridgehead atoms. The molecule has 168 valence electrons. The van der Waals surface area contributed by atoms with E-state index in [2.05, 4.69) is 0 Å². The first kappa shape index (κ1) is 23.2. The second-order valence-corrected chi connectivity index (χ2v) is 9.02. The van der Waals surface area contributed by atoms with Crippen LogP contribution < -0.4 is 4.74 Å². The van der Waals surface area contributed by atoms with Crippen LogP contribution in [0.3, 0.4) is 0 Å². The lowest BCUT2D eigenvalue weighted by Crippen LogP contribution is -2.49. The number of benzene rings is 1. The predicted octanol–water partition coefficient (Wildman–Crippen LogP) is 3.52. The average Bonchev–Trinajstić information content (AvgIpc) is 3.21. The molecule has 2 heterocycles. The molecule has 6 nitrogen and oxygen atoms in total. The zero-order valence-corrected chi connectivity index (χ0v) is 19.0. The molecule has 1 aliphatic rings. The molecule has 3 rings (SSSR count). The molecule has 0 spiro atoms.